The number of benzene rings is 2. The Hall–Kier alpha value is -3.67. The van der Waals surface area contributed by atoms with Crippen LogP contribution < -0.4 is 10.6 Å². The highest BCUT2D eigenvalue weighted by molar-refractivity contribution is 8.04. The Balaban J connectivity index is 1.53. The van der Waals surface area contributed by atoms with E-state index in [9.17, 15) is 34.5 Å². The summed E-state index contributed by atoms with van der Waals surface area (Å²) in [7, 11) is 0. The maximum atomic E-state index is 12.5. The molecule has 2 aliphatic heterocycles. The maximum absolute atomic E-state index is 12.5. The average molecular weight is 498 g/mol. The Morgan fingerprint density at radius 2 is 1.49 bits per heavy atom. The van der Waals surface area contributed by atoms with Crippen LogP contribution >= 0.6 is 11.8 Å². The molecule has 10 nitrogen and oxygen atoms in total. The molecular weight excluding hydrogens is 474 g/mol. The number of carbonyl (C=O) groups excluding carboxylic acids is 3. The predicted octanol–water partition coefficient (Wildman–Crippen LogP) is 2.34. The zero-order valence-corrected chi connectivity index (χ0v) is 19.2. The molecule has 182 valence electrons. The van der Waals surface area contributed by atoms with Crippen molar-refractivity contribution in [2.45, 2.75) is 36.3 Å². The normalized spacial score (nSPS) is 20.5. The van der Waals surface area contributed by atoms with E-state index < -0.39 is 23.0 Å². The fourth-order valence-electron chi connectivity index (χ4n) is 4.35. The highest BCUT2D eigenvalue weighted by Crippen LogP contribution is 2.59. The van der Waals surface area contributed by atoms with E-state index in [0.29, 0.717) is 40.2 Å². The van der Waals surface area contributed by atoms with Gasteiger partial charge in [0.05, 0.1) is 18.6 Å². The summed E-state index contributed by atoms with van der Waals surface area (Å²) in [5, 5.41) is 36.5. The number of anilines is 2. The number of carboxylic acid groups (broad SMARTS) is 1. The van der Waals surface area contributed by atoms with E-state index in [1.165, 1.54) is 16.7 Å². The molecule has 1 fully saturated rings. The first-order valence-corrected chi connectivity index (χ1v) is 11.5. The summed E-state index contributed by atoms with van der Waals surface area (Å²) in [4.78, 5) is 46.3. The molecule has 2 aromatic rings. The van der Waals surface area contributed by atoms with Gasteiger partial charge in [0.1, 0.15) is 10.6 Å². The van der Waals surface area contributed by atoms with E-state index in [0.717, 1.165) is 0 Å². The smallest absolute Gasteiger partial charge is 0.353 e. The lowest BCUT2D eigenvalue weighted by atomic mass is 9.91. The topological polar surface area (TPSA) is 156 Å². The number of amides is 3. The number of nitrogens with one attached hydrogen (secondary N) is 2. The van der Waals surface area contributed by atoms with E-state index in [-0.39, 0.29) is 30.9 Å². The summed E-state index contributed by atoms with van der Waals surface area (Å²) in [6.45, 7) is 0. The minimum atomic E-state index is -1.28. The predicted molar refractivity (Wildman–Crippen MR) is 128 cm³/mol. The van der Waals surface area contributed by atoms with Gasteiger partial charge in [0.15, 0.2) is 0 Å². The van der Waals surface area contributed by atoms with Crippen molar-refractivity contribution in [3.8, 4) is 0 Å². The number of aliphatic carboxylic acids is 1. The third-order valence-corrected chi connectivity index (χ3v) is 7.50. The molecule has 0 saturated carbocycles. The van der Waals surface area contributed by atoms with Crippen LogP contribution in [0.25, 0.3) is 0 Å². The lowest BCUT2D eigenvalue weighted by Crippen LogP contribution is -2.59. The number of β-lactam (4-membered cyclic amide) rings is 1. The van der Waals surface area contributed by atoms with Crippen molar-refractivity contribution in [2.75, 3.05) is 10.6 Å². The molecule has 11 heteroatoms. The number of hydrogen-bond donors (Lipinski definition) is 5. The van der Waals surface area contributed by atoms with Crippen LogP contribution in [0.2, 0.25) is 0 Å². The molecular formula is C24H23N3O7S. The first-order valence-electron chi connectivity index (χ1n) is 10.7. The van der Waals surface area contributed by atoms with E-state index in [2.05, 4.69) is 10.6 Å². The minimum absolute atomic E-state index is 0.0273. The van der Waals surface area contributed by atoms with Crippen LogP contribution in [0.3, 0.4) is 0 Å². The van der Waals surface area contributed by atoms with Gasteiger partial charge in [-0.05, 0) is 35.4 Å². The van der Waals surface area contributed by atoms with Crippen molar-refractivity contribution in [3.05, 3.63) is 70.3 Å². The number of hydrogen-bond acceptors (Lipinski definition) is 7. The number of aliphatic hydroxyl groups is 2. The molecule has 2 heterocycles. The van der Waals surface area contributed by atoms with Gasteiger partial charge < -0.3 is 26.0 Å². The molecule has 2 aromatic carbocycles. The quantitative estimate of drug-likeness (QED) is 0.234. The molecule has 0 radical (unpaired) electrons. The zero-order chi connectivity index (χ0) is 25.2. The fraction of sp³-hybridized carbons (Fsp3) is 0.250. The second kappa shape index (κ2) is 9.90. The van der Waals surface area contributed by atoms with Gasteiger partial charge in [-0.1, -0.05) is 36.0 Å². The van der Waals surface area contributed by atoms with Gasteiger partial charge in [0.2, 0.25) is 18.7 Å². The van der Waals surface area contributed by atoms with E-state index >= 15 is 0 Å². The van der Waals surface area contributed by atoms with Gasteiger partial charge in [-0.25, -0.2) is 4.79 Å². The van der Waals surface area contributed by atoms with Gasteiger partial charge >= 0.3 is 5.97 Å². The minimum Gasteiger partial charge on any atom is -0.477 e. The molecule has 4 rings (SSSR count). The van der Waals surface area contributed by atoms with Crippen LogP contribution in [0.4, 0.5) is 11.4 Å². The molecule has 0 aromatic heterocycles. The Bertz CT molecular complexity index is 1180. The summed E-state index contributed by atoms with van der Waals surface area (Å²) in [6.07, 6.45) is -0.820. The van der Waals surface area contributed by atoms with Crippen molar-refractivity contribution in [2.24, 2.45) is 0 Å². The van der Waals surface area contributed by atoms with Crippen LogP contribution in [-0.2, 0) is 19.2 Å². The third-order valence-electron chi connectivity index (χ3n) is 6.02. The molecule has 2 aliphatic rings. The van der Waals surface area contributed by atoms with Crippen molar-refractivity contribution in [1.82, 2.24) is 4.90 Å². The average Bonchev–Trinajstić information content (AvgIpc) is 3.08. The summed E-state index contributed by atoms with van der Waals surface area (Å²) in [6, 6.07) is 13.0. The molecule has 0 spiro atoms. The van der Waals surface area contributed by atoms with E-state index in [4.69, 9.17) is 0 Å². The monoisotopic (exact) mass is 497 g/mol. The standard InChI is InChI=1S/C24H23N3O7S/c28-12-25-16-5-1-14(2-6-16)18(30)9-20-22(23(33)34)27-21(32)11-24(27,35-20)10-19(31)15-3-7-17(8-4-15)26-13-29/h1-8,12-13,18-19,30-31H,9-11H2,(H,25,28)(H,26,29)(H,33,34)/t18-,19-,24?/m0/s1. The van der Waals surface area contributed by atoms with Gasteiger partial charge in [-0.2, -0.15) is 0 Å². The zero-order valence-electron chi connectivity index (χ0n) is 18.4. The Morgan fingerprint density at radius 1 is 0.971 bits per heavy atom. The molecule has 0 bridgehead atoms. The summed E-state index contributed by atoms with van der Waals surface area (Å²) < 4.78 is 0. The van der Waals surface area contributed by atoms with E-state index in [1.807, 2.05) is 0 Å². The van der Waals surface area contributed by atoms with Gasteiger partial charge in [0.25, 0.3) is 0 Å². The molecule has 35 heavy (non-hydrogen) atoms. The number of aliphatic hydroxyl groups excluding tert-OH is 2. The van der Waals surface area contributed by atoms with Gasteiger partial charge in [-0.15, -0.1) is 0 Å². The third kappa shape index (κ3) is 4.78. The molecule has 0 aliphatic carbocycles. The lowest BCUT2D eigenvalue weighted by molar-refractivity contribution is -0.152. The molecule has 3 atom stereocenters. The number of fused-ring (bicyclic) bond motifs is 1. The maximum Gasteiger partial charge on any atom is 0.353 e. The first-order chi connectivity index (χ1) is 16.8. The van der Waals surface area contributed by atoms with E-state index in [1.54, 1.807) is 48.5 Å². The van der Waals surface area contributed by atoms with Crippen LogP contribution in [0, 0.1) is 0 Å². The van der Waals surface area contributed by atoms with Gasteiger partial charge in [-0.3, -0.25) is 19.3 Å². The second-order valence-corrected chi connectivity index (χ2v) is 9.70. The largest absolute Gasteiger partial charge is 0.477 e. The SMILES string of the molecule is O=CNc1ccc([C@@H](O)CC2=C(C(=O)O)N3C(=O)CC3(C[C@H](O)c3ccc(NC=O)cc3)S2)cc1. The van der Waals surface area contributed by atoms with Crippen molar-refractivity contribution in [3.63, 3.8) is 0 Å². The Morgan fingerprint density at radius 3 is 1.94 bits per heavy atom. The van der Waals surface area contributed by atoms with Crippen LogP contribution in [-0.4, -0.2) is 49.8 Å². The Kier molecular flexibility index (Phi) is 6.92. The number of nitrogens with zero attached hydrogens (tertiary/aromatic N) is 1. The number of thioether (sulfide) groups is 1. The second-order valence-electron chi connectivity index (χ2n) is 8.24. The van der Waals surface area contributed by atoms with Crippen LogP contribution in [0.1, 0.15) is 42.6 Å². The van der Waals surface area contributed by atoms with Gasteiger partial charge in [0, 0.05) is 29.1 Å². The van der Waals surface area contributed by atoms with Crippen molar-refractivity contribution >= 4 is 47.8 Å². The first kappa shape index (κ1) is 24.5. The summed E-state index contributed by atoms with van der Waals surface area (Å²) >= 11 is 1.18. The Labute approximate surface area is 204 Å². The molecule has 3 amide bonds. The number of carbonyl (C=O) groups is 4. The van der Waals surface area contributed by atoms with Crippen LogP contribution in [0.15, 0.2) is 59.1 Å². The highest BCUT2D eigenvalue weighted by Gasteiger charge is 2.60. The summed E-state index contributed by atoms with van der Waals surface area (Å²) in [5.41, 5.74) is 2.02. The highest BCUT2D eigenvalue weighted by atomic mass is 32.2. The number of rotatable bonds is 11. The molecule has 5 N–H and O–H groups in total. The number of carboxylic acids is 1. The van der Waals surface area contributed by atoms with Crippen molar-refractivity contribution in [1.29, 1.82) is 0 Å². The summed E-state index contributed by atoms with van der Waals surface area (Å²) in [5.74, 6) is -1.64. The van der Waals surface area contributed by atoms with Crippen LogP contribution in [0.5, 0.6) is 0 Å². The van der Waals surface area contributed by atoms with Crippen molar-refractivity contribution < 1.29 is 34.5 Å². The fourth-order valence-corrected chi connectivity index (χ4v) is 6.05. The lowest BCUT2D eigenvalue weighted by Gasteiger charge is -2.47. The molecule has 1 saturated heterocycles. The molecule has 1 unspecified atom stereocenters.